The van der Waals surface area contributed by atoms with E-state index in [2.05, 4.69) is 15.1 Å². The summed E-state index contributed by atoms with van der Waals surface area (Å²) in [4.78, 5) is 38.2. The van der Waals surface area contributed by atoms with Crippen molar-refractivity contribution in [2.24, 2.45) is 5.41 Å². The minimum Gasteiger partial charge on any atom is -0.361 e. The Balaban J connectivity index is 1.60. The predicted molar refractivity (Wildman–Crippen MR) is 119 cm³/mol. The van der Waals surface area contributed by atoms with Crippen LogP contribution in [0.25, 0.3) is 11.3 Å². The molecule has 1 fully saturated rings. The van der Waals surface area contributed by atoms with Crippen LogP contribution >= 0.6 is 0 Å². The van der Waals surface area contributed by atoms with Gasteiger partial charge in [0.15, 0.2) is 0 Å². The van der Waals surface area contributed by atoms with Gasteiger partial charge in [0.2, 0.25) is 5.91 Å². The highest BCUT2D eigenvalue weighted by Crippen LogP contribution is 2.36. The zero-order valence-electron chi connectivity index (χ0n) is 18.6. The molecule has 0 N–H and O–H groups in total. The van der Waals surface area contributed by atoms with E-state index < -0.39 is 5.41 Å². The average Bonchev–Trinajstić information content (AvgIpc) is 3.27. The number of aromatic nitrogens is 3. The van der Waals surface area contributed by atoms with E-state index in [4.69, 9.17) is 4.52 Å². The number of benzene rings is 1. The first-order valence-electron chi connectivity index (χ1n) is 10.7. The van der Waals surface area contributed by atoms with Crippen LogP contribution in [0.5, 0.6) is 0 Å². The van der Waals surface area contributed by atoms with Crippen LogP contribution in [0.2, 0.25) is 0 Å². The zero-order valence-corrected chi connectivity index (χ0v) is 18.6. The highest BCUT2D eigenvalue weighted by atomic mass is 16.5. The number of aryl methyl sites for hydroxylation is 1. The van der Waals surface area contributed by atoms with E-state index in [-0.39, 0.29) is 17.5 Å². The normalized spacial score (nSPS) is 18.4. The predicted octanol–water partition coefficient (Wildman–Crippen LogP) is 2.99. The molecule has 2 aromatic heterocycles. The van der Waals surface area contributed by atoms with Gasteiger partial charge >= 0.3 is 0 Å². The lowest BCUT2D eigenvalue weighted by atomic mass is 9.75. The van der Waals surface area contributed by atoms with Crippen molar-refractivity contribution >= 4 is 11.8 Å². The van der Waals surface area contributed by atoms with Crippen molar-refractivity contribution in [2.45, 2.75) is 26.2 Å². The Kier molecular flexibility index (Phi) is 6.03. The highest BCUT2D eigenvalue weighted by molar-refractivity contribution is 5.93. The number of nitrogens with zero attached hydrogens (tertiary/aromatic N) is 5. The average molecular weight is 434 g/mol. The van der Waals surface area contributed by atoms with Crippen molar-refractivity contribution in [2.75, 3.05) is 27.2 Å². The summed E-state index contributed by atoms with van der Waals surface area (Å²) in [5, 5.41) is 4.20. The summed E-state index contributed by atoms with van der Waals surface area (Å²) in [7, 11) is 3.48. The summed E-state index contributed by atoms with van der Waals surface area (Å²) in [6, 6.07) is 11.6. The summed E-state index contributed by atoms with van der Waals surface area (Å²) in [5.41, 5.74) is 1.93. The number of carbonyl (C=O) groups excluding carboxylic acids is 2. The fourth-order valence-corrected chi connectivity index (χ4v) is 4.31. The second-order valence-corrected chi connectivity index (χ2v) is 8.57. The minimum absolute atomic E-state index is 0.0253. The Labute approximate surface area is 187 Å². The third-order valence-electron chi connectivity index (χ3n) is 5.87. The molecule has 0 aliphatic carbocycles. The summed E-state index contributed by atoms with van der Waals surface area (Å²) in [6.07, 6.45) is 4.81. The third kappa shape index (κ3) is 4.39. The molecular formula is C24H27N5O3. The van der Waals surface area contributed by atoms with Gasteiger partial charge in [-0.2, -0.15) is 0 Å². The van der Waals surface area contributed by atoms with Gasteiger partial charge in [-0.1, -0.05) is 35.5 Å². The summed E-state index contributed by atoms with van der Waals surface area (Å²) in [5.74, 6) is 0.391. The molecule has 0 spiro atoms. The minimum atomic E-state index is -0.789. The maximum Gasteiger partial charge on any atom is 0.274 e. The van der Waals surface area contributed by atoms with E-state index in [0.29, 0.717) is 38.1 Å². The Bertz CT molecular complexity index is 1090. The van der Waals surface area contributed by atoms with Crippen molar-refractivity contribution in [3.63, 3.8) is 0 Å². The molecule has 4 rings (SSSR count). The zero-order chi connectivity index (χ0) is 22.7. The number of likely N-dealkylation sites (tertiary alicyclic amines) is 1. The quantitative estimate of drug-likeness (QED) is 0.614. The van der Waals surface area contributed by atoms with Gasteiger partial charge in [-0.3, -0.25) is 14.6 Å². The fraction of sp³-hybridized carbons (Fsp3) is 0.375. The number of hydrogen-bond acceptors (Lipinski definition) is 6. The van der Waals surface area contributed by atoms with Crippen LogP contribution in [0.3, 0.4) is 0 Å². The van der Waals surface area contributed by atoms with Crippen molar-refractivity contribution in [3.05, 3.63) is 65.9 Å². The molecule has 8 nitrogen and oxygen atoms in total. The Hall–Kier alpha value is -3.55. The molecule has 0 unspecified atom stereocenters. The summed E-state index contributed by atoms with van der Waals surface area (Å²) in [6.45, 7) is 2.69. The van der Waals surface area contributed by atoms with Crippen LogP contribution in [-0.2, 0) is 11.2 Å². The van der Waals surface area contributed by atoms with Gasteiger partial charge in [0.25, 0.3) is 5.91 Å². The number of hydrogen-bond donors (Lipinski definition) is 0. The molecule has 0 bridgehead atoms. The molecule has 1 saturated heterocycles. The third-order valence-corrected chi connectivity index (χ3v) is 5.87. The Morgan fingerprint density at radius 1 is 1.16 bits per heavy atom. The van der Waals surface area contributed by atoms with Gasteiger partial charge in [0.05, 0.1) is 17.3 Å². The van der Waals surface area contributed by atoms with Crippen LogP contribution in [0.1, 0.15) is 34.8 Å². The number of amides is 2. The second-order valence-electron chi connectivity index (χ2n) is 8.57. The van der Waals surface area contributed by atoms with Crippen LogP contribution in [0.4, 0.5) is 0 Å². The van der Waals surface area contributed by atoms with E-state index in [1.807, 2.05) is 43.3 Å². The molecule has 3 heterocycles. The maximum absolute atomic E-state index is 13.3. The van der Waals surface area contributed by atoms with Gasteiger partial charge in [0, 0.05) is 51.4 Å². The highest BCUT2D eigenvalue weighted by Gasteiger charge is 2.45. The van der Waals surface area contributed by atoms with E-state index in [1.165, 1.54) is 6.20 Å². The molecule has 3 aromatic rings. The Morgan fingerprint density at radius 3 is 2.62 bits per heavy atom. The molecule has 166 valence electrons. The Morgan fingerprint density at radius 2 is 1.94 bits per heavy atom. The summed E-state index contributed by atoms with van der Waals surface area (Å²) < 4.78 is 5.62. The molecule has 1 aliphatic heterocycles. The first-order valence-corrected chi connectivity index (χ1v) is 10.7. The molecule has 0 saturated carbocycles. The lowest BCUT2D eigenvalue weighted by Gasteiger charge is -2.42. The van der Waals surface area contributed by atoms with E-state index in [0.717, 1.165) is 17.0 Å². The fourth-order valence-electron chi connectivity index (χ4n) is 4.31. The van der Waals surface area contributed by atoms with E-state index >= 15 is 0 Å². The van der Waals surface area contributed by atoms with Crippen molar-refractivity contribution in [3.8, 4) is 11.3 Å². The van der Waals surface area contributed by atoms with E-state index in [9.17, 15) is 9.59 Å². The largest absolute Gasteiger partial charge is 0.361 e. The first kappa shape index (κ1) is 21.7. The monoisotopic (exact) mass is 433 g/mol. The van der Waals surface area contributed by atoms with Gasteiger partial charge in [0.1, 0.15) is 17.1 Å². The molecule has 8 heteroatoms. The van der Waals surface area contributed by atoms with Gasteiger partial charge in [-0.05, 0) is 19.8 Å². The van der Waals surface area contributed by atoms with Crippen LogP contribution in [0.15, 0.2) is 53.3 Å². The van der Waals surface area contributed by atoms with Crippen molar-refractivity contribution in [1.29, 1.82) is 0 Å². The number of rotatable bonds is 5. The van der Waals surface area contributed by atoms with Gasteiger partial charge < -0.3 is 14.3 Å². The number of piperidine rings is 1. The summed E-state index contributed by atoms with van der Waals surface area (Å²) >= 11 is 0. The molecule has 1 aliphatic rings. The molecule has 0 radical (unpaired) electrons. The lowest BCUT2D eigenvalue weighted by Crippen LogP contribution is -2.54. The lowest BCUT2D eigenvalue weighted by molar-refractivity contribution is -0.142. The van der Waals surface area contributed by atoms with Gasteiger partial charge in [-0.25, -0.2) is 4.98 Å². The van der Waals surface area contributed by atoms with E-state index in [1.54, 1.807) is 30.1 Å². The molecule has 2 amide bonds. The van der Waals surface area contributed by atoms with Crippen LogP contribution < -0.4 is 0 Å². The standard InChI is InChI=1S/C24H27N5O3/c1-17-14-26-21(15-25-17)22(30)29-11-7-10-24(16-29,23(31)28(2)3)13-19-12-20(27-32-19)18-8-5-4-6-9-18/h4-6,8-9,12,14-15H,7,10-11,13,16H2,1-3H3/t24-/m1/s1. The van der Waals surface area contributed by atoms with Crippen LogP contribution in [-0.4, -0.2) is 63.9 Å². The first-order chi connectivity index (χ1) is 15.4. The van der Waals surface area contributed by atoms with Crippen molar-refractivity contribution in [1.82, 2.24) is 24.9 Å². The topological polar surface area (TPSA) is 92.4 Å². The second kappa shape index (κ2) is 8.90. The molecular weight excluding hydrogens is 406 g/mol. The molecule has 1 aromatic carbocycles. The van der Waals surface area contributed by atoms with Crippen LogP contribution in [0, 0.1) is 12.3 Å². The molecule has 32 heavy (non-hydrogen) atoms. The molecule has 1 atom stereocenters. The number of carbonyl (C=O) groups is 2. The SMILES string of the molecule is Cc1cnc(C(=O)N2CCC[C@](Cc3cc(-c4ccccc4)no3)(C(=O)N(C)C)C2)cn1. The smallest absolute Gasteiger partial charge is 0.274 e. The van der Waals surface area contributed by atoms with Gasteiger partial charge in [-0.15, -0.1) is 0 Å². The maximum atomic E-state index is 13.3. The van der Waals surface area contributed by atoms with Crippen molar-refractivity contribution < 1.29 is 14.1 Å².